The van der Waals surface area contributed by atoms with Crippen molar-refractivity contribution >= 4 is 5.69 Å². The van der Waals surface area contributed by atoms with Crippen LogP contribution in [0.4, 0.5) is 5.69 Å². The van der Waals surface area contributed by atoms with E-state index < -0.39 is 10.6 Å². The van der Waals surface area contributed by atoms with Crippen LogP contribution in [0.3, 0.4) is 0 Å². The third kappa shape index (κ3) is 2.14. The molecule has 0 fully saturated rings. The van der Waals surface area contributed by atoms with Crippen molar-refractivity contribution in [3.05, 3.63) is 56.3 Å². The Labute approximate surface area is 94.8 Å². The van der Waals surface area contributed by atoms with Crippen LogP contribution in [0, 0.1) is 10.1 Å². The maximum atomic E-state index is 11.0. The standard InChI is InChI=1S/C9H9N5O3/c10-13-8(11-12-9(13)15)5-6-1-3-7(4-2-6)14(16)17/h1-4H,5,10H2,(H,12,15). The van der Waals surface area contributed by atoms with Gasteiger partial charge < -0.3 is 5.84 Å². The smallest absolute Gasteiger partial charge is 0.333 e. The van der Waals surface area contributed by atoms with E-state index >= 15 is 0 Å². The fourth-order valence-corrected chi connectivity index (χ4v) is 1.38. The molecule has 0 amide bonds. The lowest BCUT2D eigenvalue weighted by Crippen LogP contribution is -2.26. The zero-order valence-corrected chi connectivity index (χ0v) is 8.66. The summed E-state index contributed by atoms with van der Waals surface area (Å²) >= 11 is 0. The third-order valence-electron chi connectivity index (χ3n) is 2.29. The van der Waals surface area contributed by atoms with E-state index in [2.05, 4.69) is 10.2 Å². The number of nitrogens with two attached hydrogens (primary N) is 1. The van der Waals surface area contributed by atoms with E-state index in [1.165, 1.54) is 12.1 Å². The van der Waals surface area contributed by atoms with Crippen molar-refractivity contribution in [2.24, 2.45) is 0 Å². The van der Waals surface area contributed by atoms with E-state index in [1.807, 2.05) is 0 Å². The van der Waals surface area contributed by atoms with Gasteiger partial charge in [0.05, 0.1) is 4.92 Å². The molecule has 17 heavy (non-hydrogen) atoms. The van der Waals surface area contributed by atoms with Gasteiger partial charge in [0, 0.05) is 18.6 Å². The van der Waals surface area contributed by atoms with Gasteiger partial charge in [-0.25, -0.2) is 9.89 Å². The molecule has 8 heteroatoms. The minimum atomic E-state index is -0.498. The Hall–Kier alpha value is -2.64. The van der Waals surface area contributed by atoms with Crippen LogP contribution in [-0.2, 0) is 6.42 Å². The SMILES string of the molecule is Nn1c(Cc2ccc([N+](=O)[O-])cc2)n[nH]c1=O. The Kier molecular flexibility index (Phi) is 2.61. The van der Waals surface area contributed by atoms with Crippen molar-refractivity contribution in [2.45, 2.75) is 6.42 Å². The Morgan fingerprint density at radius 3 is 2.53 bits per heavy atom. The number of aromatic amines is 1. The van der Waals surface area contributed by atoms with Gasteiger partial charge in [-0.1, -0.05) is 12.1 Å². The first-order valence-electron chi connectivity index (χ1n) is 4.72. The monoisotopic (exact) mass is 235 g/mol. The van der Waals surface area contributed by atoms with Crippen molar-refractivity contribution in [1.82, 2.24) is 14.9 Å². The van der Waals surface area contributed by atoms with E-state index in [4.69, 9.17) is 5.84 Å². The van der Waals surface area contributed by atoms with Crippen molar-refractivity contribution in [3.63, 3.8) is 0 Å². The molecule has 2 aromatic rings. The largest absolute Gasteiger partial charge is 0.361 e. The number of nitrogens with one attached hydrogen (secondary N) is 1. The van der Waals surface area contributed by atoms with Crippen LogP contribution >= 0.6 is 0 Å². The van der Waals surface area contributed by atoms with Gasteiger partial charge in [-0.05, 0) is 5.56 Å². The fraction of sp³-hybridized carbons (Fsp3) is 0.111. The highest BCUT2D eigenvalue weighted by Crippen LogP contribution is 2.13. The normalized spacial score (nSPS) is 10.4. The van der Waals surface area contributed by atoms with Gasteiger partial charge in [-0.3, -0.25) is 10.1 Å². The average Bonchev–Trinajstić information content (AvgIpc) is 2.62. The first kappa shape index (κ1) is 10.9. The molecular formula is C9H9N5O3. The molecule has 1 aromatic heterocycles. The van der Waals surface area contributed by atoms with Crippen LogP contribution in [0.5, 0.6) is 0 Å². The number of nitrogen functional groups attached to an aromatic ring is 1. The van der Waals surface area contributed by atoms with Crippen molar-refractivity contribution in [3.8, 4) is 0 Å². The second kappa shape index (κ2) is 4.08. The fourth-order valence-electron chi connectivity index (χ4n) is 1.38. The number of hydrogen-bond acceptors (Lipinski definition) is 5. The lowest BCUT2D eigenvalue weighted by atomic mass is 10.1. The molecule has 8 nitrogen and oxygen atoms in total. The topological polar surface area (TPSA) is 120 Å². The van der Waals surface area contributed by atoms with Gasteiger partial charge in [-0.2, -0.15) is 9.77 Å². The third-order valence-corrected chi connectivity index (χ3v) is 2.29. The molecule has 3 N–H and O–H groups in total. The summed E-state index contributed by atoms with van der Waals surface area (Å²) in [7, 11) is 0. The van der Waals surface area contributed by atoms with Gasteiger partial charge in [0.2, 0.25) is 0 Å². The van der Waals surface area contributed by atoms with Crippen LogP contribution in [0.25, 0.3) is 0 Å². The molecule has 0 saturated heterocycles. The minimum Gasteiger partial charge on any atom is -0.333 e. The van der Waals surface area contributed by atoms with Gasteiger partial charge in [0.15, 0.2) is 5.82 Å². The minimum absolute atomic E-state index is 0.0147. The number of non-ortho nitro benzene ring substituents is 1. The number of hydrogen-bond donors (Lipinski definition) is 2. The summed E-state index contributed by atoms with van der Waals surface area (Å²) in [5.41, 5.74) is 0.295. The maximum Gasteiger partial charge on any atom is 0.361 e. The number of nitro groups is 1. The van der Waals surface area contributed by atoms with E-state index in [0.29, 0.717) is 12.2 Å². The lowest BCUT2D eigenvalue weighted by Gasteiger charge is -1.99. The zero-order chi connectivity index (χ0) is 12.4. The van der Waals surface area contributed by atoms with E-state index in [-0.39, 0.29) is 5.69 Å². The van der Waals surface area contributed by atoms with Crippen LogP contribution in [0.2, 0.25) is 0 Å². The molecule has 0 unspecified atom stereocenters. The summed E-state index contributed by atoms with van der Waals surface area (Å²) < 4.78 is 0.904. The first-order chi connectivity index (χ1) is 8.08. The molecule has 0 aliphatic carbocycles. The first-order valence-corrected chi connectivity index (χ1v) is 4.72. The van der Waals surface area contributed by atoms with Crippen LogP contribution in [0.15, 0.2) is 29.1 Å². The van der Waals surface area contributed by atoms with E-state index in [0.717, 1.165) is 10.2 Å². The second-order valence-electron chi connectivity index (χ2n) is 3.42. The van der Waals surface area contributed by atoms with Crippen molar-refractivity contribution in [1.29, 1.82) is 0 Å². The quantitative estimate of drug-likeness (QED) is 0.433. The molecule has 0 saturated carbocycles. The van der Waals surface area contributed by atoms with Gasteiger partial charge >= 0.3 is 5.69 Å². The maximum absolute atomic E-state index is 11.0. The average molecular weight is 235 g/mol. The van der Waals surface area contributed by atoms with Crippen molar-refractivity contribution in [2.75, 3.05) is 5.84 Å². The predicted octanol–water partition coefficient (Wildman–Crippen LogP) is -0.216. The molecule has 1 aromatic carbocycles. The Balaban J connectivity index is 2.22. The summed E-state index contributed by atoms with van der Waals surface area (Å²) in [6, 6.07) is 5.97. The van der Waals surface area contributed by atoms with Gasteiger partial charge in [0.1, 0.15) is 0 Å². The molecule has 0 atom stereocenters. The van der Waals surface area contributed by atoms with Crippen LogP contribution < -0.4 is 11.5 Å². The van der Waals surface area contributed by atoms with E-state index in [1.54, 1.807) is 12.1 Å². The zero-order valence-electron chi connectivity index (χ0n) is 8.66. The van der Waals surface area contributed by atoms with Gasteiger partial charge in [-0.15, -0.1) is 0 Å². The predicted molar refractivity (Wildman–Crippen MR) is 58.9 cm³/mol. The highest BCUT2D eigenvalue weighted by Gasteiger charge is 2.08. The summed E-state index contributed by atoms with van der Waals surface area (Å²) in [5.74, 6) is 5.80. The molecule has 1 heterocycles. The summed E-state index contributed by atoms with van der Waals surface area (Å²) in [6.07, 6.45) is 0.327. The second-order valence-corrected chi connectivity index (χ2v) is 3.42. The van der Waals surface area contributed by atoms with Crippen LogP contribution in [0.1, 0.15) is 11.4 Å². The number of nitrogens with zero attached hydrogens (tertiary/aromatic N) is 3. The Bertz CT molecular complexity index is 598. The molecule has 0 bridgehead atoms. The number of nitro benzene ring substituents is 1. The van der Waals surface area contributed by atoms with Gasteiger partial charge in [0.25, 0.3) is 5.69 Å². The Morgan fingerprint density at radius 1 is 1.41 bits per heavy atom. The number of H-pyrrole nitrogens is 1. The number of aromatic nitrogens is 3. The summed E-state index contributed by atoms with van der Waals surface area (Å²) in [5, 5.41) is 16.4. The molecule has 0 radical (unpaired) electrons. The summed E-state index contributed by atoms with van der Waals surface area (Å²) in [4.78, 5) is 21.0. The molecule has 2 rings (SSSR count). The molecular weight excluding hydrogens is 226 g/mol. The Morgan fingerprint density at radius 2 is 2.06 bits per heavy atom. The molecule has 0 aliphatic heterocycles. The van der Waals surface area contributed by atoms with Crippen molar-refractivity contribution < 1.29 is 4.92 Å². The highest BCUT2D eigenvalue weighted by molar-refractivity contribution is 5.33. The number of benzene rings is 1. The lowest BCUT2D eigenvalue weighted by molar-refractivity contribution is -0.384. The molecule has 0 aliphatic rings. The number of rotatable bonds is 3. The van der Waals surface area contributed by atoms with Crippen LogP contribution in [-0.4, -0.2) is 19.8 Å². The summed E-state index contributed by atoms with van der Waals surface area (Å²) in [6.45, 7) is 0. The highest BCUT2D eigenvalue weighted by atomic mass is 16.6. The molecule has 88 valence electrons. The van der Waals surface area contributed by atoms with E-state index in [9.17, 15) is 14.9 Å². The molecule has 0 spiro atoms.